The molecule has 1 saturated carbocycles. The summed E-state index contributed by atoms with van der Waals surface area (Å²) in [6.45, 7) is 1.95. The van der Waals surface area contributed by atoms with Gasteiger partial charge in [-0.15, -0.1) is 0 Å². The molecule has 0 radical (unpaired) electrons. The van der Waals surface area contributed by atoms with Crippen LogP contribution in [0.3, 0.4) is 0 Å². The molecule has 1 aromatic rings. The minimum absolute atomic E-state index is 0.0249. The summed E-state index contributed by atoms with van der Waals surface area (Å²) in [6, 6.07) is 5.64. The second-order valence-corrected chi connectivity index (χ2v) is 5.35. The first-order valence-electron chi connectivity index (χ1n) is 6.82. The van der Waals surface area contributed by atoms with Crippen LogP contribution in [0.2, 0.25) is 0 Å². The van der Waals surface area contributed by atoms with Crippen molar-refractivity contribution in [3.63, 3.8) is 0 Å². The fraction of sp³-hybridized carbons (Fsp3) is 0.176. The third kappa shape index (κ3) is 1.67. The van der Waals surface area contributed by atoms with Crippen LogP contribution >= 0.6 is 0 Å². The number of nitrogens with one attached hydrogen (secondary N) is 1. The average molecular weight is 262 g/mol. The third-order valence-electron chi connectivity index (χ3n) is 3.99. The number of fused-ring (bicyclic) bond motifs is 2. The van der Waals surface area contributed by atoms with E-state index in [1.807, 2.05) is 31.2 Å². The van der Waals surface area contributed by atoms with Gasteiger partial charge >= 0.3 is 0 Å². The number of hydrogen-bond donors (Lipinski definition) is 1. The summed E-state index contributed by atoms with van der Waals surface area (Å²) in [4.78, 5) is 16.7. The van der Waals surface area contributed by atoms with Gasteiger partial charge in [-0.1, -0.05) is 12.1 Å². The zero-order valence-electron chi connectivity index (χ0n) is 11.2. The first-order chi connectivity index (χ1) is 9.74. The molecule has 3 heteroatoms. The maximum absolute atomic E-state index is 12.4. The molecule has 0 aromatic carbocycles. The summed E-state index contributed by atoms with van der Waals surface area (Å²) in [5, 5.41) is 3.02. The Morgan fingerprint density at radius 1 is 1.30 bits per heavy atom. The van der Waals surface area contributed by atoms with Crippen molar-refractivity contribution in [1.82, 2.24) is 10.3 Å². The molecular formula is C17H14N2O. The van der Waals surface area contributed by atoms with E-state index in [1.165, 1.54) is 16.7 Å². The second kappa shape index (κ2) is 4.04. The van der Waals surface area contributed by atoms with Gasteiger partial charge in [0.1, 0.15) is 0 Å². The number of amides is 1. The molecule has 3 aliphatic rings. The highest BCUT2D eigenvalue weighted by molar-refractivity contribution is 6.01. The van der Waals surface area contributed by atoms with Crippen molar-refractivity contribution in [2.24, 2.45) is 0 Å². The van der Waals surface area contributed by atoms with Crippen molar-refractivity contribution in [3.05, 3.63) is 76.2 Å². The topological polar surface area (TPSA) is 42.0 Å². The van der Waals surface area contributed by atoms with Crippen molar-refractivity contribution >= 4 is 5.91 Å². The van der Waals surface area contributed by atoms with Gasteiger partial charge in [-0.2, -0.15) is 0 Å². The van der Waals surface area contributed by atoms with E-state index in [0.29, 0.717) is 0 Å². The Kier molecular flexibility index (Phi) is 2.30. The lowest BCUT2D eigenvalue weighted by Gasteiger charge is -2.13. The average Bonchev–Trinajstić information content (AvgIpc) is 2.95. The van der Waals surface area contributed by atoms with Gasteiger partial charge in [0.25, 0.3) is 5.91 Å². The molecule has 3 aliphatic carbocycles. The predicted molar refractivity (Wildman–Crippen MR) is 76.7 cm³/mol. The minimum atomic E-state index is -0.0921. The molecule has 0 bridgehead atoms. The van der Waals surface area contributed by atoms with Crippen molar-refractivity contribution < 1.29 is 4.79 Å². The summed E-state index contributed by atoms with van der Waals surface area (Å²) in [6.07, 6.45) is 8.96. The Labute approximate surface area is 117 Å². The van der Waals surface area contributed by atoms with E-state index in [0.717, 1.165) is 23.3 Å². The Hall–Kier alpha value is -2.42. The lowest BCUT2D eigenvalue weighted by molar-refractivity contribution is -0.117. The SMILES string of the molecule is C[C@H](NC(=O)C1=C2C=C3CC3=C2C=C1)c1ccccn1. The standard InChI is InChI=1S/C17H14N2O/c1-10(16-4-2-3-7-18-16)19-17(20)13-6-5-12-14-8-11(14)9-15(12)13/h2-7,9-10H,8H2,1H3,(H,19,20)/t10-/m0/s1. The van der Waals surface area contributed by atoms with Gasteiger partial charge in [-0.05, 0) is 59.9 Å². The van der Waals surface area contributed by atoms with E-state index in [2.05, 4.69) is 22.5 Å². The molecule has 98 valence electrons. The smallest absolute Gasteiger partial charge is 0.252 e. The van der Waals surface area contributed by atoms with E-state index in [1.54, 1.807) is 6.20 Å². The van der Waals surface area contributed by atoms with Gasteiger partial charge < -0.3 is 5.32 Å². The molecule has 1 aromatic heterocycles. The third-order valence-corrected chi connectivity index (χ3v) is 3.99. The molecule has 0 spiro atoms. The number of hydrogen-bond acceptors (Lipinski definition) is 2. The van der Waals surface area contributed by atoms with E-state index >= 15 is 0 Å². The van der Waals surface area contributed by atoms with Crippen LogP contribution in [-0.2, 0) is 4.79 Å². The quantitative estimate of drug-likeness (QED) is 0.910. The molecule has 4 rings (SSSR count). The number of allylic oxidation sites excluding steroid dienone is 6. The van der Waals surface area contributed by atoms with Crippen LogP contribution in [0, 0.1) is 0 Å². The van der Waals surface area contributed by atoms with Crippen molar-refractivity contribution in [1.29, 1.82) is 0 Å². The van der Waals surface area contributed by atoms with Crippen LogP contribution in [0.25, 0.3) is 0 Å². The molecule has 20 heavy (non-hydrogen) atoms. The zero-order valence-corrected chi connectivity index (χ0v) is 11.2. The van der Waals surface area contributed by atoms with E-state index in [4.69, 9.17) is 0 Å². The van der Waals surface area contributed by atoms with Crippen LogP contribution in [0.5, 0.6) is 0 Å². The molecule has 1 amide bonds. The summed E-state index contributed by atoms with van der Waals surface area (Å²) in [5.41, 5.74) is 6.79. The number of pyridine rings is 1. The maximum Gasteiger partial charge on any atom is 0.252 e. The lowest BCUT2D eigenvalue weighted by atomic mass is 10.1. The monoisotopic (exact) mass is 262 g/mol. The van der Waals surface area contributed by atoms with E-state index in [9.17, 15) is 4.79 Å². The highest BCUT2D eigenvalue weighted by Crippen LogP contribution is 2.51. The van der Waals surface area contributed by atoms with Crippen molar-refractivity contribution in [3.8, 4) is 0 Å². The van der Waals surface area contributed by atoms with Crippen molar-refractivity contribution in [2.45, 2.75) is 19.4 Å². The van der Waals surface area contributed by atoms with Crippen LogP contribution in [0.15, 0.2) is 70.5 Å². The largest absolute Gasteiger partial charge is 0.344 e. The summed E-state index contributed by atoms with van der Waals surface area (Å²) >= 11 is 0. The number of rotatable bonds is 3. The first kappa shape index (κ1) is 11.4. The van der Waals surface area contributed by atoms with Crippen molar-refractivity contribution in [2.75, 3.05) is 0 Å². The highest BCUT2D eigenvalue weighted by atomic mass is 16.1. The van der Waals surface area contributed by atoms with Gasteiger partial charge in [0.2, 0.25) is 0 Å². The lowest BCUT2D eigenvalue weighted by Crippen LogP contribution is -2.28. The molecule has 0 aliphatic heterocycles. The van der Waals surface area contributed by atoms with Gasteiger partial charge in [0.05, 0.1) is 11.7 Å². The number of carbonyl (C=O) groups excluding carboxylic acids is 1. The Morgan fingerprint density at radius 2 is 2.20 bits per heavy atom. The van der Waals surface area contributed by atoms with E-state index in [-0.39, 0.29) is 11.9 Å². The molecule has 1 fully saturated rings. The Morgan fingerprint density at radius 3 is 3.00 bits per heavy atom. The molecule has 1 N–H and O–H groups in total. The number of nitrogens with zero attached hydrogens (tertiary/aromatic N) is 1. The number of carbonyl (C=O) groups is 1. The molecular weight excluding hydrogens is 248 g/mol. The Balaban J connectivity index is 1.55. The maximum atomic E-state index is 12.4. The van der Waals surface area contributed by atoms with Gasteiger partial charge in [-0.3, -0.25) is 9.78 Å². The molecule has 0 saturated heterocycles. The van der Waals surface area contributed by atoms with Crippen LogP contribution in [0.4, 0.5) is 0 Å². The summed E-state index contributed by atoms with van der Waals surface area (Å²) in [5.74, 6) is -0.0249. The molecule has 1 atom stereocenters. The molecule has 0 unspecified atom stereocenters. The minimum Gasteiger partial charge on any atom is -0.344 e. The Bertz CT molecular complexity index is 736. The second-order valence-electron chi connectivity index (χ2n) is 5.35. The van der Waals surface area contributed by atoms with Crippen LogP contribution in [0.1, 0.15) is 25.1 Å². The predicted octanol–water partition coefficient (Wildman–Crippen LogP) is 2.77. The highest BCUT2D eigenvalue weighted by Gasteiger charge is 2.35. The summed E-state index contributed by atoms with van der Waals surface area (Å²) < 4.78 is 0. The van der Waals surface area contributed by atoms with Crippen LogP contribution < -0.4 is 5.32 Å². The normalized spacial score (nSPS) is 19.8. The van der Waals surface area contributed by atoms with Crippen LogP contribution in [-0.4, -0.2) is 10.9 Å². The molecule has 3 nitrogen and oxygen atoms in total. The first-order valence-corrected chi connectivity index (χ1v) is 6.82. The van der Waals surface area contributed by atoms with Gasteiger partial charge in [-0.25, -0.2) is 0 Å². The van der Waals surface area contributed by atoms with Gasteiger partial charge in [0, 0.05) is 11.8 Å². The summed E-state index contributed by atoms with van der Waals surface area (Å²) in [7, 11) is 0. The fourth-order valence-corrected chi connectivity index (χ4v) is 2.82. The molecule has 1 heterocycles. The fourth-order valence-electron chi connectivity index (χ4n) is 2.82. The zero-order chi connectivity index (χ0) is 13.7. The number of aromatic nitrogens is 1. The van der Waals surface area contributed by atoms with E-state index < -0.39 is 0 Å². The van der Waals surface area contributed by atoms with Gasteiger partial charge in [0.15, 0.2) is 0 Å².